The minimum atomic E-state index is -0.933. The highest BCUT2D eigenvalue weighted by Gasteiger charge is 2.20. The van der Waals surface area contributed by atoms with Gasteiger partial charge in [-0.05, 0) is 11.0 Å². The van der Waals surface area contributed by atoms with Gasteiger partial charge >= 0.3 is 17.8 Å². The van der Waals surface area contributed by atoms with Crippen molar-refractivity contribution in [2.45, 2.75) is 0 Å². The normalized spacial score (nSPS) is 9.56. The Bertz CT molecular complexity index is 452. The molecule has 0 aromatic carbocycles. The van der Waals surface area contributed by atoms with Gasteiger partial charge in [0.05, 0.1) is 7.05 Å². The van der Waals surface area contributed by atoms with Crippen LogP contribution < -0.4 is 16.6 Å². The van der Waals surface area contributed by atoms with E-state index in [2.05, 4.69) is 0 Å². The summed E-state index contributed by atoms with van der Waals surface area (Å²) in [6, 6.07) is 1.51. The Morgan fingerprint density at radius 1 is 1.44 bits per heavy atom. The van der Waals surface area contributed by atoms with Crippen LogP contribution in [0.1, 0.15) is 10.5 Å². The smallest absolute Gasteiger partial charge is 0.330 e. The van der Waals surface area contributed by atoms with E-state index in [-0.39, 0.29) is 11.5 Å². The molecule has 86 valence electrons. The number of aromatic nitrogens is 1. The van der Waals surface area contributed by atoms with E-state index in [9.17, 15) is 19.7 Å². The van der Waals surface area contributed by atoms with Crippen molar-refractivity contribution in [2.75, 3.05) is 0 Å². The molecule has 0 atom stereocenters. The summed E-state index contributed by atoms with van der Waals surface area (Å²) in [4.78, 5) is 31.6. The number of hydrogen-bond acceptors (Lipinski definition) is 4. The molecule has 1 aromatic rings. The average Bonchev–Trinajstić information content (AvgIpc) is 2.56. The molecule has 4 N–H and O–H groups in total. The van der Waals surface area contributed by atoms with Gasteiger partial charge in [-0.25, -0.2) is 14.8 Å². The second-order valence-electron chi connectivity index (χ2n) is 2.84. The first-order valence-corrected chi connectivity index (χ1v) is 4.09. The number of nitrogens with zero attached hydrogens (tertiary/aromatic N) is 2. The molecule has 0 unspecified atom stereocenters. The van der Waals surface area contributed by atoms with Gasteiger partial charge in [-0.3, -0.25) is 10.2 Å². The second kappa shape index (κ2) is 4.29. The zero-order chi connectivity index (χ0) is 12.3. The molecule has 0 saturated heterocycles. The molecule has 1 aromatic heterocycles. The number of nitrogens with two attached hydrogens (primary N) is 1. The molecule has 9 nitrogen and oxygen atoms in total. The van der Waals surface area contributed by atoms with E-state index in [4.69, 9.17) is 5.73 Å². The number of rotatable bonds is 2. The Morgan fingerprint density at radius 2 is 2.06 bits per heavy atom. The van der Waals surface area contributed by atoms with Gasteiger partial charge in [-0.2, -0.15) is 0 Å². The lowest BCUT2D eigenvalue weighted by molar-refractivity contribution is -0.391. The number of primary amides is 1. The lowest BCUT2D eigenvalue weighted by Gasteiger charge is -2.03. The number of urea groups is 1. The zero-order valence-electron chi connectivity index (χ0n) is 8.26. The van der Waals surface area contributed by atoms with Crippen LogP contribution in [0.15, 0.2) is 12.1 Å². The van der Waals surface area contributed by atoms with Gasteiger partial charge in [0.15, 0.2) is 5.69 Å². The Balaban J connectivity index is 2.84. The fourth-order valence-corrected chi connectivity index (χ4v) is 1.09. The van der Waals surface area contributed by atoms with Gasteiger partial charge in [0, 0.05) is 6.07 Å². The Labute approximate surface area is 89.3 Å². The zero-order valence-corrected chi connectivity index (χ0v) is 8.26. The van der Waals surface area contributed by atoms with Crippen LogP contribution in [0.2, 0.25) is 0 Å². The first-order chi connectivity index (χ1) is 7.43. The van der Waals surface area contributed by atoms with Crippen molar-refractivity contribution < 1.29 is 14.5 Å². The van der Waals surface area contributed by atoms with Crippen LogP contribution in [0, 0.1) is 10.1 Å². The van der Waals surface area contributed by atoms with Crippen molar-refractivity contribution in [1.82, 2.24) is 15.4 Å². The van der Waals surface area contributed by atoms with Crippen molar-refractivity contribution >= 4 is 17.8 Å². The summed E-state index contributed by atoms with van der Waals surface area (Å²) >= 11 is 0. The van der Waals surface area contributed by atoms with Crippen LogP contribution in [-0.4, -0.2) is 21.4 Å². The predicted octanol–water partition coefficient (Wildman–Crippen LogP) is -0.754. The van der Waals surface area contributed by atoms with Gasteiger partial charge in [-0.15, -0.1) is 0 Å². The number of hydrogen-bond donors (Lipinski definition) is 3. The molecule has 0 radical (unpaired) electrons. The minimum Gasteiger partial charge on any atom is -0.358 e. The lowest BCUT2D eigenvalue weighted by Crippen LogP contribution is -2.44. The SMILES string of the molecule is Cn1c(C(=O)NNC(N)=O)ccc1[N+](=O)[O-]. The molecule has 0 fully saturated rings. The van der Waals surface area contributed by atoms with E-state index in [1.165, 1.54) is 19.2 Å². The maximum Gasteiger partial charge on any atom is 0.330 e. The highest BCUT2D eigenvalue weighted by Crippen LogP contribution is 2.14. The van der Waals surface area contributed by atoms with Gasteiger partial charge < -0.3 is 15.8 Å². The quantitative estimate of drug-likeness (QED) is 0.452. The molecule has 0 bridgehead atoms. The van der Waals surface area contributed by atoms with E-state index in [0.717, 1.165) is 4.57 Å². The van der Waals surface area contributed by atoms with E-state index in [0.29, 0.717) is 0 Å². The third-order valence-electron chi connectivity index (χ3n) is 1.81. The van der Waals surface area contributed by atoms with Gasteiger partial charge in [-0.1, -0.05) is 0 Å². The van der Waals surface area contributed by atoms with Crippen molar-refractivity contribution in [3.63, 3.8) is 0 Å². The summed E-state index contributed by atoms with van der Waals surface area (Å²) in [5.74, 6) is -0.932. The van der Waals surface area contributed by atoms with E-state index in [1.807, 2.05) is 10.9 Å². The monoisotopic (exact) mass is 227 g/mol. The van der Waals surface area contributed by atoms with Crippen molar-refractivity contribution in [3.8, 4) is 0 Å². The van der Waals surface area contributed by atoms with Crippen molar-refractivity contribution in [3.05, 3.63) is 27.9 Å². The molecular weight excluding hydrogens is 218 g/mol. The van der Waals surface area contributed by atoms with Crippen molar-refractivity contribution in [1.29, 1.82) is 0 Å². The molecule has 1 rings (SSSR count). The second-order valence-corrected chi connectivity index (χ2v) is 2.84. The van der Waals surface area contributed by atoms with Gasteiger partial charge in [0.1, 0.15) is 0 Å². The number of nitrogens with one attached hydrogen (secondary N) is 2. The maximum atomic E-state index is 11.4. The topological polar surface area (TPSA) is 132 Å². The van der Waals surface area contributed by atoms with Crippen LogP contribution in [0.25, 0.3) is 0 Å². The molecule has 0 saturated carbocycles. The lowest BCUT2D eigenvalue weighted by atomic mass is 10.4. The fourth-order valence-electron chi connectivity index (χ4n) is 1.09. The summed E-state index contributed by atoms with van der Waals surface area (Å²) in [6.07, 6.45) is 0. The fraction of sp³-hybridized carbons (Fsp3) is 0.143. The molecule has 0 aliphatic rings. The van der Waals surface area contributed by atoms with Crippen LogP contribution in [-0.2, 0) is 7.05 Å². The molecule has 0 aliphatic carbocycles. The molecule has 9 heteroatoms. The van der Waals surface area contributed by atoms with Crippen molar-refractivity contribution in [2.24, 2.45) is 12.8 Å². The summed E-state index contributed by atoms with van der Waals surface area (Å²) in [5, 5.41) is 10.5. The molecule has 16 heavy (non-hydrogen) atoms. The first kappa shape index (κ1) is 11.5. The molecule has 3 amide bonds. The molecular formula is C7H9N5O4. The largest absolute Gasteiger partial charge is 0.358 e. The Hall–Kier alpha value is -2.58. The maximum absolute atomic E-state index is 11.4. The van der Waals surface area contributed by atoms with E-state index in [1.54, 1.807) is 0 Å². The third-order valence-corrected chi connectivity index (χ3v) is 1.81. The Morgan fingerprint density at radius 3 is 2.50 bits per heavy atom. The first-order valence-electron chi connectivity index (χ1n) is 4.09. The summed E-state index contributed by atoms with van der Waals surface area (Å²) in [5.41, 5.74) is 8.61. The predicted molar refractivity (Wildman–Crippen MR) is 52.3 cm³/mol. The van der Waals surface area contributed by atoms with E-state index >= 15 is 0 Å². The van der Waals surface area contributed by atoms with E-state index < -0.39 is 16.9 Å². The molecule has 1 heterocycles. The minimum absolute atomic E-state index is 0.0282. The van der Waals surface area contributed by atoms with Crippen LogP contribution >= 0.6 is 0 Å². The highest BCUT2D eigenvalue weighted by molar-refractivity contribution is 5.94. The van der Waals surface area contributed by atoms with Crippen LogP contribution in [0.4, 0.5) is 10.6 Å². The number of carbonyl (C=O) groups is 2. The third kappa shape index (κ3) is 2.26. The van der Waals surface area contributed by atoms with Crippen LogP contribution in [0.3, 0.4) is 0 Å². The summed E-state index contributed by atoms with van der Waals surface area (Å²) in [7, 11) is 1.36. The number of hydrazine groups is 1. The van der Waals surface area contributed by atoms with Crippen LogP contribution in [0.5, 0.6) is 0 Å². The summed E-state index contributed by atoms with van der Waals surface area (Å²) in [6.45, 7) is 0. The highest BCUT2D eigenvalue weighted by atomic mass is 16.6. The number of amides is 3. The number of carbonyl (C=O) groups excluding carboxylic acids is 2. The molecule has 0 aliphatic heterocycles. The van der Waals surface area contributed by atoms with Gasteiger partial charge in [0.2, 0.25) is 0 Å². The van der Waals surface area contributed by atoms with Gasteiger partial charge in [0.25, 0.3) is 0 Å². The molecule has 0 spiro atoms. The Kier molecular flexibility index (Phi) is 3.09. The number of nitro groups is 1. The summed E-state index contributed by atoms with van der Waals surface area (Å²) < 4.78 is 1.08. The standard InChI is InChI=1S/C7H9N5O4/c1-11-4(2-3-5(11)12(15)16)6(13)9-10-7(8)14/h2-3H,1H3,(H,9,13)(H3,8,10,14). The average molecular weight is 227 g/mol.